The second-order valence-corrected chi connectivity index (χ2v) is 5.91. The summed E-state index contributed by atoms with van der Waals surface area (Å²) in [5.41, 5.74) is -0.520. The third-order valence-electron chi connectivity index (χ3n) is 5.06. The Morgan fingerprint density at radius 1 is 1.45 bits per heavy atom. The molecule has 118 valence electrons. The Hall–Kier alpha value is -1.70. The number of aliphatic hydroxyl groups is 1. The Bertz CT molecular complexity index is 609. The largest absolute Gasteiger partial charge is 0.469 e. The lowest BCUT2D eigenvalue weighted by Crippen LogP contribution is -2.52. The van der Waals surface area contributed by atoms with Crippen molar-refractivity contribution in [1.82, 2.24) is 0 Å². The summed E-state index contributed by atoms with van der Waals surface area (Å²) < 4.78 is 21.6. The molecule has 4 rings (SSSR count). The number of hydrogen-bond donors (Lipinski definition) is 1. The van der Waals surface area contributed by atoms with Gasteiger partial charge in [0.05, 0.1) is 18.6 Å². The first kappa shape index (κ1) is 13.9. The molecule has 1 N–H and O–H groups in total. The van der Waals surface area contributed by atoms with E-state index in [4.69, 9.17) is 18.9 Å². The molecule has 7 heteroatoms. The number of allylic oxidation sites excluding steroid dienone is 2. The van der Waals surface area contributed by atoms with E-state index < -0.39 is 42.1 Å². The molecule has 0 aromatic carbocycles. The van der Waals surface area contributed by atoms with E-state index in [1.165, 1.54) is 7.11 Å². The molecule has 1 unspecified atom stereocenters. The van der Waals surface area contributed by atoms with Crippen LogP contribution in [0.4, 0.5) is 0 Å². The van der Waals surface area contributed by atoms with E-state index in [0.29, 0.717) is 5.57 Å². The lowest BCUT2D eigenvalue weighted by atomic mass is 9.75. The molecule has 0 saturated carbocycles. The molecule has 1 spiro atoms. The van der Waals surface area contributed by atoms with Crippen LogP contribution < -0.4 is 0 Å². The van der Waals surface area contributed by atoms with Gasteiger partial charge in [-0.15, -0.1) is 0 Å². The van der Waals surface area contributed by atoms with Gasteiger partial charge in [-0.1, -0.05) is 12.2 Å². The topological polar surface area (TPSA) is 91.3 Å². The average molecular weight is 308 g/mol. The summed E-state index contributed by atoms with van der Waals surface area (Å²) in [6, 6.07) is 0. The van der Waals surface area contributed by atoms with Gasteiger partial charge in [0.2, 0.25) is 0 Å². The van der Waals surface area contributed by atoms with Crippen LogP contribution in [0.5, 0.6) is 0 Å². The predicted molar refractivity (Wildman–Crippen MR) is 70.0 cm³/mol. The minimum absolute atomic E-state index is 0.366. The standard InChI is InChI=1S/C15H16O7/c1-3-6-10-15(22-11(6)16)5-4-7-8(12(17)19-2)13(18)21-14(20-10)9(7)15/h3-5,7-10,13-14,18H,1-2H3/b6-3-/t7-,8-,9?,10+,13+,14+,15+/m1/s1. The highest BCUT2D eigenvalue weighted by Crippen LogP contribution is 2.59. The lowest BCUT2D eigenvalue weighted by molar-refractivity contribution is -0.284. The summed E-state index contributed by atoms with van der Waals surface area (Å²) in [6.07, 6.45) is 2.59. The smallest absolute Gasteiger partial charge is 0.337 e. The lowest BCUT2D eigenvalue weighted by Gasteiger charge is -2.39. The second-order valence-electron chi connectivity index (χ2n) is 5.91. The maximum Gasteiger partial charge on any atom is 0.337 e. The molecule has 3 saturated heterocycles. The minimum Gasteiger partial charge on any atom is -0.469 e. The fraction of sp³-hybridized carbons (Fsp3) is 0.600. The molecular weight excluding hydrogens is 292 g/mol. The van der Waals surface area contributed by atoms with Crippen molar-refractivity contribution < 1.29 is 33.6 Å². The van der Waals surface area contributed by atoms with Gasteiger partial charge in [0.15, 0.2) is 18.2 Å². The molecule has 0 radical (unpaired) electrons. The molecule has 3 heterocycles. The first-order valence-corrected chi connectivity index (χ1v) is 7.19. The molecule has 3 aliphatic heterocycles. The van der Waals surface area contributed by atoms with Crippen LogP contribution in [0.25, 0.3) is 0 Å². The number of hydrogen-bond acceptors (Lipinski definition) is 7. The highest BCUT2D eigenvalue weighted by molar-refractivity contribution is 5.93. The van der Waals surface area contributed by atoms with Gasteiger partial charge in [0.1, 0.15) is 12.0 Å². The SMILES string of the molecule is C/C=C1\C(=O)O[C@@]23C=C[C@H]4C2[C@H](O[C@H](O)[C@H]4C(=O)OC)O[C@@H]13. The Balaban J connectivity index is 1.76. The van der Waals surface area contributed by atoms with Crippen molar-refractivity contribution in [1.29, 1.82) is 0 Å². The van der Waals surface area contributed by atoms with Gasteiger partial charge < -0.3 is 24.1 Å². The van der Waals surface area contributed by atoms with E-state index in [1.54, 1.807) is 25.2 Å². The molecule has 0 aromatic heterocycles. The molecule has 3 fully saturated rings. The summed E-state index contributed by atoms with van der Waals surface area (Å²) in [5.74, 6) is -2.58. The van der Waals surface area contributed by atoms with Gasteiger partial charge in [-0.25, -0.2) is 4.79 Å². The Morgan fingerprint density at radius 3 is 2.91 bits per heavy atom. The van der Waals surface area contributed by atoms with Crippen LogP contribution in [0, 0.1) is 17.8 Å². The van der Waals surface area contributed by atoms with Gasteiger partial charge in [-0.05, 0) is 13.0 Å². The van der Waals surface area contributed by atoms with Crippen molar-refractivity contribution in [3.05, 3.63) is 23.8 Å². The van der Waals surface area contributed by atoms with E-state index in [2.05, 4.69) is 0 Å². The van der Waals surface area contributed by atoms with Gasteiger partial charge in [-0.3, -0.25) is 4.79 Å². The van der Waals surface area contributed by atoms with Crippen LogP contribution in [0.1, 0.15) is 6.92 Å². The molecule has 0 bridgehead atoms. The van der Waals surface area contributed by atoms with Crippen molar-refractivity contribution >= 4 is 11.9 Å². The van der Waals surface area contributed by atoms with Crippen LogP contribution in [-0.2, 0) is 28.5 Å². The molecule has 1 aliphatic carbocycles. The van der Waals surface area contributed by atoms with Crippen LogP contribution in [0.2, 0.25) is 0 Å². The van der Waals surface area contributed by atoms with E-state index in [9.17, 15) is 14.7 Å². The highest BCUT2D eigenvalue weighted by atomic mass is 16.8. The van der Waals surface area contributed by atoms with Crippen molar-refractivity contribution in [2.75, 3.05) is 7.11 Å². The summed E-state index contributed by atoms with van der Waals surface area (Å²) >= 11 is 0. The number of rotatable bonds is 1. The van der Waals surface area contributed by atoms with Crippen molar-refractivity contribution in [3.8, 4) is 0 Å². The summed E-state index contributed by atoms with van der Waals surface area (Å²) in [4.78, 5) is 24.0. The van der Waals surface area contributed by atoms with Crippen LogP contribution in [-0.4, -0.2) is 48.4 Å². The Kier molecular flexibility index (Phi) is 2.79. The molecule has 7 nitrogen and oxygen atoms in total. The molecular formula is C15H16O7. The number of ether oxygens (including phenoxy) is 4. The minimum atomic E-state index is -1.32. The van der Waals surface area contributed by atoms with Gasteiger partial charge >= 0.3 is 11.9 Å². The first-order valence-electron chi connectivity index (χ1n) is 7.19. The normalized spacial score (nSPS) is 50.0. The van der Waals surface area contributed by atoms with Crippen LogP contribution in [0.15, 0.2) is 23.8 Å². The maximum atomic E-state index is 12.0. The van der Waals surface area contributed by atoms with Crippen molar-refractivity contribution in [2.45, 2.75) is 31.2 Å². The molecule has 0 amide bonds. The Morgan fingerprint density at radius 2 is 2.23 bits per heavy atom. The summed E-state index contributed by atoms with van der Waals surface area (Å²) in [5, 5.41) is 10.1. The van der Waals surface area contributed by atoms with Crippen LogP contribution in [0.3, 0.4) is 0 Å². The molecule has 0 aromatic rings. The number of carbonyl (C=O) groups is 2. The van der Waals surface area contributed by atoms with E-state index in [1.807, 2.05) is 0 Å². The highest BCUT2D eigenvalue weighted by Gasteiger charge is 2.72. The zero-order valence-corrected chi connectivity index (χ0v) is 12.1. The van der Waals surface area contributed by atoms with Gasteiger partial charge in [0, 0.05) is 5.92 Å². The number of methoxy groups -OCH3 is 1. The monoisotopic (exact) mass is 308 g/mol. The maximum absolute atomic E-state index is 12.0. The second kappa shape index (κ2) is 4.41. The van der Waals surface area contributed by atoms with E-state index in [-0.39, 0.29) is 11.8 Å². The number of aliphatic hydroxyl groups excluding tert-OH is 1. The third kappa shape index (κ3) is 1.46. The zero-order chi connectivity index (χ0) is 15.6. The third-order valence-corrected chi connectivity index (χ3v) is 5.06. The fourth-order valence-electron chi connectivity index (χ4n) is 4.12. The van der Waals surface area contributed by atoms with Crippen LogP contribution >= 0.6 is 0 Å². The van der Waals surface area contributed by atoms with E-state index >= 15 is 0 Å². The average Bonchev–Trinajstić information content (AvgIpc) is 3.07. The first-order chi connectivity index (χ1) is 10.5. The van der Waals surface area contributed by atoms with Gasteiger partial charge in [-0.2, -0.15) is 0 Å². The predicted octanol–water partition coefficient (Wildman–Crippen LogP) is -0.107. The summed E-state index contributed by atoms with van der Waals surface area (Å²) in [7, 11) is 1.26. The number of esters is 2. The Labute approximate surface area is 126 Å². The molecule has 7 atom stereocenters. The van der Waals surface area contributed by atoms with Crippen molar-refractivity contribution in [3.63, 3.8) is 0 Å². The fourth-order valence-corrected chi connectivity index (χ4v) is 4.12. The van der Waals surface area contributed by atoms with E-state index in [0.717, 1.165) is 0 Å². The molecule has 22 heavy (non-hydrogen) atoms. The van der Waals surface area contributed by atoms with Crippen molar-refractivity contribution in [2.24, 2.45) is 17.8 Å². The summed E-state index contributed by atoms with van der Waals surface area (Å²) in [6.45, 7) is 1.74. The number of carbonyl (C=O) groups excluding carboxylic acids is 2. The molecule has 4 aliphatic rings. The zero-order valence-electron chi connectivity index (χ0n) is 12.1. The quantitative estimate of drug-likeness (QED) is 0.410. The van der Waals surface area contributed by atoms with Gasteiger partial charge in [0.25, 0.3) is 0 Å².